The summed E-state index contributed by atoms with van der Waals surface area (Å²) in [4.78, 5) is 28.8. The largest absolute Gasteiger partial charge is 0.415 e. The van der Waals surface area contributed by atoms with Crippen LogP contribution in [0, 0.1) is 13.8 Å². The van der Waals surface area contributed by atoms with Gasteiger partial charge in [0, 0.05) is 24.2 Å². The highest BCUT2D eigenvalue weighted by Crippen LogP contribution is 2.34. The van der Waals surface area contributed by atoms with Gasteiger partial charge in [0.25, 0.3) is 0 Å². The van der Waals surface area contributed by atoms with E-state index in [4.69, 9.17) is 9.47 Å². The molecule has 0 bridgehead atoms. The number of rotatable bonds is 6. The molecule has 0 saturated carbocycles. The van der Waals surface area contributed by atoms with E-state index in [1.54, 1.807) is 15.9 Å². The quantitative estimate of drug-likeness (QED) is 0.638. The first-order valence-corrected chi connectivity index (χ1v) is 9.98. The van der Waals surface area contributed by atoms with E-state index in [0.29, 0.717) is 0 Å². The Morgan fingerprint density at radius 3 is 1.50 bits per heavy atom. The normalized spacial score (nSPS) is 11.4. The molecule has 0 aliphatic rings. The molecule has 158 valence electrons. The van der Waals surface area contributed by atoms with Crippen LogP contribution in [0.1, 0.15) is 66.5 Å². The van der Waals surface area contributed by atoms with Crippen LogP contribution in [-0.4, -0.2) is 46.2 Å². The van der Waals surface area contributed by atoms with Crippen LogP contribution < -0.4 is 9.47 Å². The summed E-state index contributed by atoms with van der Waals surface area (Å²) in [6, 6.07) is 3.57. The minimum absolute atomic E-state index is 0.0122. The molecule has 0 heterocycles. The Balaban J connectivity index is 3.25. The summed E-state index contributed by atoms with van der Waals surface area (Å²) in [5.41, 5.74) is 1.66. The first-order valence-electron chi connectivity index (χ1n) is 9.98. The molecule has 1 aromatic carbocycles. The van der Waals surface area contributed by atoms with E-state index in [1.165, 1.54) is 0 Å². The van der Waals surface area contributed by atoms with Crippen molar-refractivity contribution >= 4 is 12.2 Å². The van der Waals surface area contributed by atoms with E-state index in [1.807, 2.05) is 75.3 Å². The van der Waals surface area contributed by atoms with Gasteiger partial charge in [0.2, 0.25) is 0 Å². The number of hydrogen-bond acceptors (Lipinski definition) is 4. The van der Waals surface area contributed by atoms with Crippen molar-refractivity contribution in [1.29, 1.82) is 0 Å². The molecule has 0 aromatic heterocycles. The molecule has 28 heavy (non-hydrogen) atoms. The highest BCUT2D eigenvalue weighted by atomic mass is 16.6. The smallest absolute Gasteiger partial charge is 0.406 e. The lowest BCUT2D eigenvalue weighted by molar-refractivity contribution is 0.113. The summed E-state index contributed by atoms with van der Waals surface area (Å²) in [5.74, 6) is 0.539. The van der Waals surface area contributed by atoms with Crippen molar-refractivity contribution in [2.75, 3.05) is 0 Å². The Morgan fingerprint density at radius 2 is 1.11 bits per heavy atom. The van der Waals surface area contributed by atoms with Gasteiger partial charge < -0.3 is 19.3 Å². The average Bonchev–Trinajstić information content (AvgIpc) is 2.48. The zero-order valence-corrected chi connectivity index (χ0v) is 19.0. The first kappa shape index (κ1) is 23.8. The molecule has 6 nitrogen and oxygen atoms in total. The maximum Gasteiger partial charge on any atom is 0.415 e. The molecule has 0 fully saturated rings. The van der Waals surface area contributed by atoms with Crippen LogP contribution in [0.5, 0.6) is 11.5 Å². The summed E-state index contributed by atoms with van der Waals surface area (Å²) in [5, 5.41) is 0. The molecule has 0 aliphatic carbocycles. The molecule has 0 saturated heterocycles. The van der Waals surface area contributed by atoms with Crippen molar-refractivity contribution in [1.82, 2.24) is 9.80 Å². The van der Waals surface area contributed by atoms with E-state index in [9.17, 15) is 9.59 Å². The third kappa shape index (κ3) is 5.88. The van der Waals surface area contributed by atoms with E-state index >= 15 is 0 Å². The van der Waals surface area contributed by atoms with E-state index in [0.717, 1.165) is 11.1 Å². The molecular weight excluding hydrogens is 356 g/mol. The van der Waals surface area contributed by atoms with Crippen LogP contribution >= 0.6 is 0 Å². The maximum atomic E-state index is 12.8. The van der Waals surface area contributed by atoms with E-state index < -0.39 is 12.2 Å². The van der Waals surface area contributed by atoms with Crippen molar-refractivity contribution in [3.05, 3.63) is 23.3 Å². The predicted octanol–water partition coefficient (Wildman–Crippen LogP) is 5.54. The SMILES string of the molecule is Cc1cc(C)c(OC(=O)N(C(C)C)C(C)C)c(OC(=O)N(C(C)C)C(C)C)c1. The van der Waals surface area contributed by atoms with Crippen molar-refractivity contribution in [3.63, 3.8) is 0 Å². The number of carbonyl (C=O) groups is 2. The lowest BCUT2D eigenvalue weighted by Crippen LogP contribution is -2.44. The third-order valence-electron chi connectivity index (χ3n) is 4.42. The van der Waals surface area contributed by atoms with Gasteiger partial charge in [0.1, 0.15) is 0 Å². The van der Waals surface area contributed by atoms with Crippen molar-refractivity contribution in [3.8, 4) is 11.5 Å². The number of aryl methyl sites for hydroxylation is 2. The number of carbonyl (C=O) groups excluding carboxylic acids is 2. The van der Waals surface area contributed by atoms with Crippen LogP contribution in [0.25, 0.3) is 0 Å². The third-order valence-corrected chi connectivity index (χ3v) is 4.42. The summed E-state index contributed by atoms with van der Waals surface area (Å²) in [6.45, 7) is 19.2. The fraction of sp³-hybridized carbons (Fsp3) is 0.636. The van der Waals surface area contributed by atoms with Gasteiger partial charge in [-0.25, -0.2) is 9.59 Å². The van der Waals surface area contributed by atoms with Gasteiger partial charge in [-0.15, -0.1) is 0 Å². The fourth-order valence-corrected chi connectivity index (χ4v) is 3.44. The lowest BCUT2D eigenvalue weighted by atomic mass is 10.1. The maximum absolute atomic E-state index is 12.8. The molecule has 2 amide bonds. The summed E-state index contributed by atoms with van der Waals surface area (Å²) in [7, 11) is 0. The summed E-state index contributed by atoms with van der Waals surface area (Å²) < 4.78 is 11.4. The molecular formula is C22H36N2O4. The lowest BCUT2D eigenvalue weighted by Gasteiger charge is -2.31. The van der Waals surface area contributed by atoms with Crippen molar-refractivity contribution in [2.24, 2.45) is 0 Å². The predicted molar refractivity (Wildman–Crippen MR) is 112 cm³/mol. The van der Waals surface area contributed by atoms with E-state index in [2.05, 4.69) is 0 Å². The molecule has 0 N–H and O–H groups in total. The molecule has 0 radical (unpaired) electrons. The minimum Gasteiger partial charge on any atom is -0.406 e. The van der Waals surface area contributed by atoms with Crippen LogP contribution in [-0.2, 0) is 0 Å². The van der Waals surface area contributed by atoms with Crippen molar-refractivity contribution < 1.29 is 19.1 Å². The minimum atomic E-state index is -0.461. The van der Waals surface area contributed by atoms with Gasteiger partial charge in [-0.3, -0.25) is 0 Å². The zero-order chi connectivity index (χ0) is 21.8. The van der Waals surface area contributed by atoms with E-state index in [-0.39, 0.29) is 35.7 Å². The Labute approximate surface area is 169 Å². The molecule has 6 heteroatoms. The molecule has 1 rings (SSSR count). The van der Waals surface area contributed by atoms with Crippen LogP contribution in [0.4, 0.5) is 9.59 Å². The number of benzene rings is 1. The van der Waals surface area contributed by atoms with Gasteiger partial charge in [-0.2, -0.15) is 0 Å². The Hall–Kier alpha value is -2.24. The number of amides is 2. The van der Waals surface area contributed by atoms with Crippen LogP contribution in [0.2, 0.25) is 0 Å². The molecule has 0 spiro atoms. The summed E-state index contributed by atoms with van der Waals surface area (Å²) in [6.07, 6.45) is -0.921. The second-order valence-electron chi connectivity index (χ2n) is 8.33. The van der Waals surface area contributed by atoms with Gasteiger partial charge in [-0.05, 0) is 86.4 Å². The van der Waals surface area contributed by atoms with Gasteiger partial charge >= 0.3 is 12.2 Å². The van der Waals surface area contributed by atoms with Crippen LogP contribution in [0.3, 0.4) is 0 Å². The van der Waals surface area contributed by atoms with Gasteiger partial charge in [0.05, 0.1) is 0 Å². The number of hydrogen-bond donors (Lipinski definition) is 0. The average molecular weight is 393 g/mol. The summed E-state index contributed by atoms with van der Waals surface area (Å²) >= 11 is 0. The monoisotopic (exact) mass is 392 g/mol. The Kier molecular flexibility index (Phi) is 8.33. The second kappa shape index (κ2) is 9.80. The topological polar surface area (TPSA) is 59.1 Å². The Morgan fingerprint density at radius 1 is 0.714 bits per heavy atom. The highest BCUT2D eigenvalue weighted by Gasteiger charge is 2.27. The zero-order valence-electron chi connectivity index (χ0n) is 19.0. The Bertz CT molecular complexity index is 680. The molecule has 0 unspecified atom stereocenters. The molecule has 1 aromatic rings. The van der Waals surface area contributed by atoms with Crippen LogP contribution in [0.15, 0.2) is 12.1 Å². The fourth-order valence-electron chi connectivity index (χ4n) is 3.44. The van der Waals surface area contributed by atoms with Crippen molar-refractivity contribution in [2.45, 2.75) is 93.4 Å². The second-order valence-corrected chi connectivity index (χ2v) is 8.33. The standard InChI is InChI=1S/C22H36N2O4/c1-13(2)23(14(3)4)21(25)27-19-12-17(9)11-18(10)20(19)28-22(26)24(15(5)6)16(7)8/h11-16H,1-10H3. The van der Waals surface area contributed by atoms with Gasteiger partial charge in [0.15, 0.2) is 11.5 Å². The molecule has 0 aliphatic heterocycles. The highest BCUT2D eigenvalue weighted by molar-refractivity contribution is 5.76. The number of nitrogens with zero attached hydrogens (tertiary/aromatic N) is 2. The molecule has 0 atom stereocenters. The number of ether oxygens (including phenoxy) is 2. The first-order chi connectivity index (χ1) is 12.9. The van der Waals surface area contributed by atoms with Gasteiger partial charge in [-0.1, -0.05) is 6.07 Å².